The Kier molecular flexibility index (Phi) is 4.95. The average molecular weight is 297 g/mol. The number of halogens is 2. The molecule has 0 spiro atoms. The van der Waals surface area contributed by atoms with E-state index in [4.69, 9.17) is 0 Å². The number of hydrogen-bond donors (Lipinski definition) is 1. The molecule has 0 aliphatic rings. The van der Waals surface area contributed by atoms with Gasteiger partial charge in [-0.25, -0.2) is 0 Å². The van der Waals surface area contributed by atoms with E-state index < -0.39 is 6.61 Å². The van der Waals surface area contributed by atoms with Crippen LogP contribution in [0.25, 0.3) is 0 Å². The second-order valence-corrected chi connectivity index (χ2v) is 5.63. The third-order valence-electron chi connectivity index (χ3n) is 2.92. The van der Waals surface area contributed by atoms with Gasteiger partial charge in [0, 0.05) is 15.4 Å². The monoisotopic (exact) mass is 297 g/mol. The third-order valence-corrected chi connectivity index (χ3v) is 4.33. The first-order valence-electron chi connectivity index (χ1n) is 6.48. The van der Waals surface area contributed by atoms with Gasteiger partial charge in [0.15, 0.2) is 0 Å². The van der Waals surface area contributed by atoms with E-state index in [9.17, 15) is 8.78 Å². The molecule has 1 unspecified atom stereocenters. The first-order valence-corrected chi connectivity index (χ1v) is 7.30. The van der Waals surface area contributed by atoms with E-state index >= 15 is 0 Å². The Bertz CT molecular complexity index is 539. The van der Waals surface area contributed by atoms with Crippen LogP contribution >= 0.6 is 11.3 Å². The molecule has 0 saturated heterocycles. The zero-order valence-electron chi connectivity index (χ0n) is 11.4. The van der Waals surface area contributed by atoms with Gasteiger partial charge in [0.05, 0.1) is 6.04 Å². The Morgan fingerprint density at radius 2 is 1.85 bits per heavy atom. The summed E-state index contributed by atoms with van der Waals surface area (Å²) < 4.78 is 28.4. The first kappa shape index (κ1) is 14.8. The normalized spacial score (nSPS) is 12.4. The lowest BCUT2D eigenvalue weighted by atomic mass is 10.2. The Morgan fingerprint density at radius 3 is 2.40 bits per heavy atom. The lowest BCUT2D eigenvalue weighted by Crippen LogP contribution is -2.05. The van der Waals surface area contributed by atoms with E-state index in [2.05, 4.69) is 36.0 Å². The minimum atomic E-state index is -2.79. The summed E-state index contributed by atoms with van der Waals surface area (Å²) in [6, 6.07) is 11.0. The minimum absolute atomic E-state index is 0.169. The van der Waals surface area contributed by atoms with Crippen molar-refractivity contribution in [3.05, 3.63) is 46.2 Å². The number of nitrogens with one attached hydrogen (secondary N) is 1. The highest BCUT2D eigenvalue weighted by Gasteiger charge is 2.09. The van der Waals surface area contributed by atoms with Crippen LogP contribution in [0.1, 0.15) is 29.6 Å². The molecule has 0 radical (unpaired) electrons. The van der Waals surface area contributed by atoms with E-state index in [1.807, 2.05) is 0 Å². The molecule has 5 heteroatoms. The van der Waals surface area contributed by atoms with Gasteiger partial charge in [0.1, 0.15) is 5.75 Å². The molecular weight excluding hydrogens is 280 g/mol. The average Bonchev–Trinajstić information content (AvgIpc) is 2.89. The summed E-state index contributed by atoms with van der Waals surface area (Å²) in [6.45, 7) is 1.43. The molecule has 0 aliphatic carbocycles. The van der Waals surface area contributed by atoms with Crippen molar-refractivity contribution in [2.24, 2.45) is 0 Å². The number of aryl methyl sites for hydroxylation is 1. The van der Waals surface area contributed by atoms with Crippen LogP contribution in [0.3, 0.4) is 0 Å². The van der Waals surface area contributed by atoms with Gasteiger partial charge >= 0.3 is 6.61 Å². The zero-order chi connectivity index (χ0) is 14.5. The molecule has 1 heterocycles. The Labute approximate surface area is 121 Å². The molecule has 1 aromatic heterocycles. The molecule has 1 aromatic carbocycles. The molecule has 2 nitrogen and oxygen atoms in total. The molecule has 20 heavy (non-hydrogen) atoms. The molecule has 1 N–H and O–H groups in total. The Balaban J connectivity index is 1.98. The van der Waals surface area contributed by atoms with Gasteiger partial charge in [0.2, 0.25) is 0 Å². The number of anilines is 1. The van der Waals surface area contributed by atoms with Crippen LogP contribution in [0, 0.1) is 0 Å². The molecule has 2 aromatic rings. The third kappa shape index (κ3) is 3.93. The second-order valence-electron chi connectivity index (χ2n) is 4.43. The van der Waals surface area contributed by atoms with Crippen LogP contribution in [-0.4, -0.2) is 6.61 Å². The van der Waals surface area contributed by atoms with Crippen LogP contribution in [0.5, 0.6) is 5.75 Å². The minimum Gasteiger partial charge on any atom is -0.435 e. The van der Waals surface area contributed by atoms with E-state index in [-0.39, 0.29) is 11.8 Å². The molecule has 0 fully saturated rings. The van der Waals surface area contributed by atoms with E-state index in [1.54, 1.807) is 23.5 Å². The van der Waals surface area contributed by atoms with Gasteiger partial charge in [-0.2, -0.15) is 8.78 Å². The number of alkyl halides is 2. The smallest absolute Gasteiger partial charge is 0.387 e. The standard InChI is InChI=1S/C15H17F2NOS/c1-3-13-8-9-14(20-13)10(2)18-11-4-6-12(7-5-11)19-15(16)17/h4-10,15,18H,3H2,1-2H3. The van der Waals surface area contributed by atoms with Gasteiger partial charge in [-0.15, -0.1) is 11.3 Å². The maximum atomic E-state index is 12.1. The maximum Gasteiger partial charge on any atom is 0.387 e. The van der Waals surface area contributed by atoms with Crippen molar-refractivity contribution in [2.75, 3.05) is 5.32 Å². The maximum absolute atomic E-state index is 12.1. The summed E-state index contributed by atoms with van der Waals surface area (Å²) in [5.41, 5.74) is 0.880. The van der Waals surface area contributed by atoms with Crippen LogP contribution in [0.15, 0.2) is 36.4 Å². The highest BCUT2D eigenvalue weighted by molar-refractivity contribution is 7.12. The molecule has 108 valence electrons. The van der Waals surface area contributed by atoms with Crippen molar-refractivity contribution < 1.29 is 13.5 Å². The van der Waals surface area contributed by atoms with Crippen LogP contribution in [0.2, 0.25) is 0 Å². The van der Waals surface area contributed by atoms with Crippen molar-refractivity contribution in [3.63, 3.8) is 0 Å². The number of benzene rings is 1. The second kappa shape index (κ2) is 6.70. The quantitative estimate of drug-likeness (QED) is 0.802. The van der Waals surface area contributed by atoms with Gasteiger partial charge in [0.25, 0.3) is 0 Å². The van der Waals surface area contributed by atoms with E-state index in [0.29, 0.717) is 0 Å². The van der Waals surface area contributed by atoms with Crippen LogP contribution in [0.4, 0.5) is 14.5 Å². The largest absolute Gasteiger partial charge is 0.435 e. The van der Waals surface area contributed by atoms with E-state index in [1.165, 1.54) is 21.9 Å². The van der Waals surface area contributed by atoms with Crippen molar-refractivity contribution in [3.8, 4) is 5.75 Å². The molecular formula is C15H17F2NOS. The fourth-order valence-electron chi connectivity index (χ4n) is 1.87. The lowest BCUT2D eigenvalue weighted by Gasteiger charge is -2.14. The van der Waals surface area contributed by atoms with Crippen molar-refractivity contribution >= 4 is 17.0 Å². The Morgan fingerprint density at radius 1 is 1.15 bits per heavy atom. The van der Waals surface area contributed by atoms with Crippen molar-refractivity contribution in [1.29, 1.82) is 0 Å². The summed E-state index contributed by atoms with van der Waals surface area (Å²) in [5.74, 6) is 0.169. The topological polar surface area (TPSA) is 21.3 Å². The molecule has 0 bridgehead atoms. The predicted molar refractivity (Wildman–Crippen MR) is 78.8 cm³/mol. The van der Waals surface area contributed by atoms with Gasteiger partial charge < -0.3 is 10.1 Å². The first-order chi connectivity index (χ1) is 9.58. The lowest BCUT2D eigenvalue weighted by molar-refractivity contribution is -0.0498. The fraction of sp³-hybridized carbons (Fsp3) is 0.333. The van der Waals surface area contributed by atoms with Gasteiger partial charge in [-0.1, -0.05) is 6.92 Å². The van der Waals surface area contributed by atoms with Crippen LogP contribution < -0.4 is 10.1 Å². The summed E-state index contributed by atoms with van der Waals surface area (Å²) in [7, 11) is 0. The van der Waals surface area contributed by atoms with Gasteiger partial charge in [-0.3, -0.25) is 0 Å². The number of hydrogen-bond acceptors (Lipinski definition) is 3. The summed E-state index contributed by atoms with van der Waals surface area (Å²) >= 11 is 1.79. The number of ether oxygens (including phenoxy) is 1. The molecule has 1 atom stereocenters. The predicted octanol–water partition coefficient (Wildman–Crippen LogP) is 5.09. The summed E-state index contributed by atoms with van der Waals surface area (Å²) in [6.07, 6.45) is 1.04. The highest BCUT2D eigenvalue weighted by Crippen LogP contribution is 2.27. The number of rotatable bonds is 6. The Hall–Kier alpha value is -1.62. The van der Waals surface area contributed by atoms with Gasteiger partial charge in [-0.05, 0) is 49.7 Å². The molecule has 2 rings (SSSR count). The number of thiophene rings is 1. The van der Waals surface area contributed by atoms with Crippen molar-refractivity contribution in [1.82, 2.24) is 0 Å². The SMILES string of the molecule is CCc1ccc(C(C)Nc2ccc(OC(F)F)cc2)s1. The summed E-state index contributed by atoms with van der Waals surface area (Å²) in [5, 5.41) is 3.34. The zero-order valence-corrected chi connectivity index (χ0v) is 12.2. The van der Waals surface area contributed by atoms with Crippen LogP contribution in [-0.2, 0) is 6.42 Å². The van der Waals surface area contributed by atoms with Crippen molar-refractivity contribution in [2.45, 2.75) is 32.9 Å². The molecule has 0 amide bonds. The fourth-order valence-corrected chi connectivity index (χ4v) is 2.83. The van der Waals surface area contributed by atoms with E-state index in [0.717, 1.165) is 12.1 Å². The highest BCUT2D eigenvalue weighted by atomic mass is 32.1. The molecule has 0 aliphatic heterocycles. The molecule has 0 saturated carbocycles. The summed E-state index contributed by atoms with van der Waals surface area (Å²) in [4.78, 5) is 2.61.